The van der Waals surface area contributed by atoms with Crippen molar-refractivity contribution in [3.05, 3.63) is 78.4 Å². The van der Waals surface area contributed by atoms with Gasteiger partial charge in [-0.15, -0.1) is 12.3 Å². The molecule has 3 aromatic heterocycles. The number of fused-ring (bicyclic) bond motifs is 1. The first-order chi connectivity index (χ1) is 30.1. The number of benzene rings is 2. The topological polar surface area (TPSA) is 197 Å². The predicted octanol–water partition coefficient (Wildman–Crippen LogP) is 6.05. The fraction of sp³-hybridized carbons (Fsp3) is 0.400. The molecule has 16 nitrogen and oxygen atoms in total. The molecule has 5 aromatic rings. The predicted molar refractivity (Wildman–Crippen MR) is 225 cm³/mol. The maximum Gasteiger partial charge on any atom is 0.407 e. The van der Waals surface area contributed by atoms with Crippen molar-refractivity contribution >= 4 is 34.9 Å². The zero-order valence-corrected chi connectivity index (χ0v) is 34.5. The summed E-state index contributed by atoms with van der Waals surface area (Å²) in [5.41, 5.74) is 4.29. The third kappa shape index (κ3) is 8.68. The first kappa shape index (κ1) is 41.9. The van der Waals surface area contributed by atoms with Gasteiger partial charge in [0.25, 0.3) is 0 Å². The normalized spacial score (nSPS) is 18.9. The summed E-state index contributed by atoms with van der Waals surface area (Å²) in [6, 6.07) is 12.1. The van der Waals surface area contributed by atoms with E-state index >= 15 is 4.39 Å². The number of nitrogens with zero attached hydrogens (tertiary/aromatic N) is 5. The molecule has 17 heteroatoms. The van der Waals surface area contributed by atoms with Crippen molar-refractivity contribution in [2.75, 3.05) is 40.5 Å². The van der Waals surface area contributed by atoms with Crippen LogP contribution in [0.3, 0.4) is 0 Å². The summed E-state index contributed by atoms with van der Waals surface area (Å²) in [5.74, 6) is 2.67. The number of hydrogen-bond donors (Lipinski definition) is 4. The zero-order valence-electron chi connectivity index (χ0n) is 34.5. The van der Waals surface area contributed by atoms with E-state index in [4.69, 9.17) is 20.9 Å². The van der Waals surface area contributed by atoms with Crippen molar-refractivity contribution in [2.24, 2.45) is 5.92 Å². The Morgan fingerprint density at radius 1 is 0.839 bits per heavy atom. The molecule has 3 fully saturated rings. The van der Waals surface area contributed by atoms with Crippen LogP contribution in [0.4, 0.5) is 14.0 Å². The Balaban J connectivity index is 0.952. The second-order valence-electron chi connectivity index (χ2n) is 15.7. The SMILES string of the molecule is C#CCC(NC(=O)OC)C(=O)N1CCCC1c1ncc(-c2ccc3nc(-c4ccc(-c5cnc(C6CCCN6C(=O)C(NC(=O)OC)C6CCOCC6)[nH]5)cc4F)ccc3c2)[nH]1. The van der Waals surface area contributed by atoms with Gasteiger partial charge in [-0.3, -0.25) is 9.59 Å². The van der Waals surface area contributed by atoms with Crippen LogP contribution in [-0.4, -0.2) is 111 Å². The van der Waals surface area contributed by atoms with Crippen molar-refractivity contribution in [1.82, 2.24) is 45.4 Å². The Kier molecular flexibility index (Phi) is 12.5. The molecule has 8 rings (SSSR count). The second-order valence-corrected chi connectivity index (χ2v) is 15.7. The average Bonchev–Trinajstić information content (AvgIpc) is 4.15. The van der Waals surface area contributed by atoms with Gasteiger partial charge in [-0.2, -0.15) is 0 Å². The minimum absolute atomic E-state index is 0.0294. The highest BCUT2D eigenvalue weighted by atomic mass is 19.1. The minimum Gasteiger partial charge on any atom is -0.453 e. The molecular weight excluding hydrogens is 798 g/mol. The number of aromatic nitrogens is 5. The van der Waals surface area contributed by atoms with Crippen molar-refractivity contribution in [3.63, 3.8) is 0 Å². The number of hydrogen-bond acceptors (Lipinski definition) is 10. The van der Waals surface area contributed by atoms with Crippen molar-refractivity contribution in [1.29, 1.82) is 0 Å². The largest absolute Gasteiger partial charge is 0.453 e. The second kappa shape index (κ2) is 18.4. The summed E-state index contributed by atoms with van der Waals surface area (Å²) in [6.45, 7) is 2.07. The van der Waals surface area contributed by atoms with Gasteiger partial charge in [0.1, 0.15) is 29.5 Å². The number of aromatic amines is 2. The van der Waals surface area contributed by atoms with Crippen LogP contribution < -0.4 is 10.6 Å². The first-order valence-corrected chi connectivity index (χ1v) is 20.8. The number of rotatable bonds is 11. The number of H-pyrrole nitrogens is 2. The van der Waals surface area contributed by atoms with Gasteiger partial charge >= 0.3 is 12.2 Å². The van der Waals surface area contributed by atoms with Crippen LogP contribution >= 0.6 is 0 Å². The number of terminal acetylenes is 1. The molecule has 6 heterocycles. The standard InChI is InChI=1S/C45H48FN9O7/c1-4-7-34(52-44(58)60-2)42(56)54-18-5-8-37(54)40-47-24-35(50-40)28-11-14-32-27(22-28)12-15-33(49-32)30-13-10-29(23-31(30)46)36-25-48-41(51-36)38-9-6-19-55(38)43(57)39(53-45(59)61-3)26-16-20-62-21-17-26/h1,10-15,22-26,34,37-39H,5-9,16-21H2,2-3H3,(H,47,50)(H,48,51)(H,52,58)(H,53,59). The summed E-state index contributed by atoms with van der Waals surface area (Å²) in [5, 5.41) is 6.15. The molecule has 0 radical (unpaired) electrons. The monoisotopic (exact) mass is 845 g/mol. The molecule has 0 bridgehead atoms. The lowest BCUT2D eigenvalue weighted by Gasteiger charge is -2.34. The fourth-order valence-corrected chi connectivity index (χ4v) is 8.78. The third-order valence-electron chi connectivity index (χ3n) is 12.0. The van der Waals surface area contributed by atoms with Gasteiger partial charge in [0.05, 0.1) is 61.3 Å². The summed E-state index contributed by atoms with van der Waals surface area (Å²) in [7, 11) is 2.51. The van der Waals surface area contributed by atoms with Crippen LogP contribution in [0.15, 0.2) is 60.9 Å². The summed E-state index contributed by atoms with van der Waals surface area (Å²) >= 11 is 0. The molecule has 4 unspecified atom stereocenters. The lowest BCUT2D eigenvalue weighted by molar-refractivity contribution is -0.137. The van der Waals surface area contributed by atoms with Gasteiger partial charge in [-0.05, 0) is 74.8 Å². The lowest BCUT2D eigenvalue weighted by atomic mass is 9.90. The van der Waals surface area contributed by atoms with E-state index in [0.29, 0.717) is 91.7 Å². The fourth-order valence-electron chi connectivity index (χ4n) is 8.78. The Labute approximate surface area is 357 Å². The molecule has 4 amide bonds. The summed E-state index contributed by atoms with van der Waals surface area (Å²) < 4.78 is 30.9. The van der Waals surface area contributed by atoms with E-state index in [9.17, 15) is 19.2 Å². The van der Waals surface area contributed by atoms with E-state index in [0.717, 1.165) is 29.5 Å². The number of carbonyl (C=O) groups excluding carboxylic acids is 4. The van der Waals surface area contributed by atoms with Gasteiger partial charge in [0.2, 0.25) is 11.8 Å². The van der Waals surface area contributed by atoms with Crippen molar-refractivity contribution in [2.45, 2.75) is 69.1 Å². The number of nitrogens with one attached hydrogen (secondary N) is 4. The molecule has 322 valence electrons. The quantitative estimate of drug-likeness (QED) is 0.114. The Morgan fingerprint density at radius 3 is 2.08 bits per heavy atom. The molecule has 4 atom stereocenters. The molecule has 3 aliphatic heterocycles. The van der Waals surface area contributed by atoms with Crippen LogP contribution in [0.5, 0.6) is 0 Å². The highest BCUT2D eigenvalue weighted by Gasteiger charge is 2.40. The molecule has 3 aliphatic rings. The minimum atomic E-state index is -0.911. The Morgan fingerprint density at radius 2 is 1.45 bits per heavy atom. The van der Waals surface area contributed by atoms with Gasteiger partial charge < -0.3 is 44.6 Å². The molecule has 4 N–H and O–H groups in total. The molecule has 62 heavy (non-hydrogen) atoms. The maximum absolute atomic E-state index is 15.9. The number of imidazole rings is 2. The number of ether oxygens (including phenoxy) is 3. The van der Waals surface area contributed by atoms with E-state index in [2.05, 4.69) is 41.2 Å². The van der Waals surface area contributed by atoms with Crippen LogP contribution in [0, 0.1) is 24.1 Å². The molecular formula is C45H48FN9O7. The molecule has 0 aliphatic carbocycles. The number of likely N-dealkylation sites (tertiary alicyclic amines) is 2. The van der Waals surface area contributed by atoms with E-state index < -0.39 is 30.1 Å². The number of carbonyl (C=O) groups is 4. The zero-order chi connectivity index (χ0) is 43.3. The van der Waals surface area contributed by atoms with Crippen LogP contribution in [0.2, 0.25) is 0 Å². The van der Waals surface area contributed by atoms with E-state index in [1.54, 1.807) is 34.3 Å². The first-order valence-electron chi connectivity index (χ1n) is 20.8. The van der Waals surface area contributed by atoms with E-state index in [-0.39, 0.29) is 36.2 Å². The average molecular weight is 846 g/mol. The van der Waals surface area contributed by atoms with Crippen molar-refractivity contribution in [3.8, 4) is 46.1 Å². The number of amides is 4. The Bertz CT molecular complexity index is 2510. The molecule has 2 aromatic carbocycles. The Hall–Kier alpha value is -6.80. The van der Waals surface area contributed by atoms with Crippen LogP contribution in [0.1, 0.15) is 68.7 Å². The third-order valence-corrected chi connectivity index (χ3v) is 12.0. The van der Waals surface area contributed by atoms with Crippen molar-refractivity contribution < 1.29 is 37.8 Å². The van der Waals surface area contributed by atoms with Crippen LogP contribution in [0.25, 0.3) is 44.7 Å². The molecule has 0 saturated carbocycles. The maximum atomic E-state index is 15.9. The van der Waals surface area contributed by atoms with E-state index in [1.807, 2.05) is 30.3 Å². The summed E-state index contributed by atoms with van der Waals surface area (Å²) in [6.07, 6.45) is 11.7. The lowest BCUT2D eigenvalue weighted by Crippen LogP contribution is -2.53. The number of halogens is 1. The number of methoxy groups -OCH3 is 2. The smallest absolute Gasteiger partial charge is 0.407 e. The van der Waals surface area contributed by atoms with Gasteiger partial charge in [-0.25, -0.2) is 28.9 Å². The van der Waals surface area contributed by atoms with Gasteiger partial charge in [-0.1, -0.05) is 18.2 Å². The van der Waals surface area contributed by atoms with Gasteiger partial charge in [0, 0.05) is 54.8 Å². The highest BCUT2D eigenvalue weighted by Crippen LogP contribution is 2.36. The number of pyridine rings is 1. The van der Waals surface area contributed by atoms with E-state index in [1.165, 1.54) is 20.3 Å². The molecule has 0 spiro atoms. The van der Waals surface area contributed by atoms with Crippen LogP contribution in [-0.2, 0) is 23.8 Å². The summed E-state index contributed by atoms with van der Waals surface area (Å²) in [4.78, 5) is 75.8. The molecule has 3 saturated heterocycles. The van der Waals surface area contributed by atoms with Gasteiger partial charge in [0.15, 0.2) is 0 Å². The number of alkyl carbamates (subject to hydrolysis) is 2. The highest BCUT2D eigenvalue weighted by molar-refractivity contribution is 5.88.